The van der Waals surface area contributed by atoms with Gasteiger partial charge in [-0.05, 0) is 35.4 Å². The van der Waals surface area contributed by atoms with E-state index < -0.39 is 7.25 Å². The largest absolute Gasteiger partial charge is 0.673 e. The smallest absolute Gasteiger partial charge is 0.418 e. The van der Waals surface area contributed by atoms with Gasteiger partial charge in [-0.3, -0.25) is 0 Å². The normalized spacial score (nSPS) is 10.8. The first kappa shape index (κ1) is 23.1. The molecular formula is C25H23BF4N2. The summed E-state index contributed by atoms with van der Waals surface area (Å²) >= 11 is 0. The number of rotatable bonds is 4. The maximum Gasteiger partial charge on any atom is 0.673 e. The zero-order valence-electron chi connectivity index (χ0n) is 17.8. The van der Waals surface area contributed by atoms with Crippen molar-refractivity contribution in [1.29, 1.82) is 0 Å². The summed E-state index contributed by atoms with van der Waals surface area (Å²) in [6, 6.07) is 36.3. The Labute approximate surface area is 185 Å². The van der Waals surface area contributed by atoms with Gasteiger partial charge in [0, 0.05) is 23.3 Å². The summed E-state index contributed by atoms with van der Waals surface area (Å²) in [5.41, 5.74) is 7.16. The summed E-state index contributed by atoms with van der Waals surface area (Å²) in [5.74, 6) is 0. The molecule has 0 amide bonds. The Hall–Kier alpha value is -3.61. The topological polar surface area (TPSA) is 7.12 Å². The molecule has 32 heavy (non-hydrogen) atoms. The van der Waals surface area contributed by atoms with Gasteiger partial charge in [-0.25, -0.2) is 0 Å². The number of pyridine rings is 1. The third kappa shape index (κ3) is 6.20. The molecule has 0 fully saturated rings. The van der Waals surface area contributed by atoms with Crippen LogP contribution < -0.4 is 9.69 Å². The minimum absolute atomic E-state index is 1.17. The van der Waals surface area contributed by atoms with Crippen molar-refractivity contribution in [3.05, 3.63) is 103 Å². The second-order valence-corrected chi connectivity index (χ2v) is 7.27. The molecule has 3 aromatic carbocycles. The quantitative estimate of drug-likeness (QED) is 0.201. The van der Waals surface area contributed by atoms with Crippen molar-refractivity contribution in [1.82, 2.24) is 0 Å². The van der Waals surface area contributed by atoms with Gasteiger partial charge in [0.1, 0.15) is 0 Å². The number of benzene rings is 3. The molecule has 0 saturated carbocycles. The van der Waals surface area contributed by atoms with Crippen molar-refractivity contribution in [3.63, 3.8) is 0 Å². The molecule has 0 radical (unpaired) electrons. The van der Waals surface area contributed by atoms with Crippen molar-refractivity contribution < 1.29 is 21.9 Å². The average Bonchev–Trinajstić information content (AvgIpc) is 2.79. The minimum atomic E-state index is -6.00. The number of aromatic nitrogens is 1. The van der Waals surface area contributed by atoms with Gasteiger partial charge in [-0.15, -0.1) is 0 Å². The third-order valence-corrected chi connectivity index (χ3v) is 4.69. The van der Waals surface area contributed by atoms with Crippen LogP contribution in [0.5, 0.6) is 0 Å². The van der Waals surface area contributed by atoms with Crippen LogP contribution >= 0.6 is 0 Å². The SMILES string of the molecule is CN(C)[n+]1c(-c2ccccc2)cc(-c2ccccc2)cc1-c1ccccc1.F[B-](F)(F)F. The molecule has 1 aromatic heterocycles. The van der Waals surface area contributed by atoms with Crippen LogP contribution in [-0.2, 0) is 0 Å². The van der Waals surface area contributed by atoms with Gasteiger partial charge in [0.15, 0.2) is 0 Å². The third-order valence-electron chi connectivity index (χ3n) is 4.69. The molecule has 0 N–H and O–H groups in total. The van der Waals surface area contributed by atoms with Crippen LogP contribution in [0.1, 0.15) is 0 Å². The molecule has 0 bridgehead atoms. The van der Waals surface area contributed by atoms with Gasteiger partial charge < -0.3 is 17.3 Å². The maximum absolute atomic E-state index is 9.75. The molecule has 4 aromatic rings. The summed E-state index contributed by atoms with van der Waals surface area (Å²) in [6.07, 6.45) is 0. The molecule has 0 aliphatic heterocycles. The highest BCUT2D eigenvalue weighted by molar-refractivity contribution is 6.50. The lowest BCUT2D eigenvalue weighted by molar-refractivity contribution is -0.665. The molecule has 4 rings (SSSR count). The Bertz CT molecular complexity index is 1070. The Kier molecular flexibility index (Phi) is 7.31. The van der Waals surface area contributed by atoms with E-state index in [1.807, 2.05) is 0 Å². The lowest BCUT2D eigenvalue weighted by Gasteiger charge is -2.16. The molecule has 0 aliphatic carbocycles. The van der Waals surface area contributed by atoms with Crippen LogP contribution in [0.2, 0.25) is 0 Å². The summed E-state index contributed by atoms with van der Waals surface area (Å²) in [6.45, 7) is 0. The molecule has 0 saturated heterocycles. The summed E-state index contributed by atoms with van der Waals surface area (Å²) < 4.78 is 41.3. The van der Waals surface area contributed by atoms with E-state index in [9.17, 15) is 17.3 Å². The van der Waals surface area contributed by atoms with Crippen LogP contribution in [0.15, 0.2) is 103 Å². The second kappa shape index (κ2) is 10.1. The zero-order chi connectivity index (χ0) is 23.1. The highest BCUT2D eigenvalue weighted by Gasteiger charge is 2.24. The number of hydrogen-bond acceptors (Lipinski definition) is 1. The molecule has 0 unspecified atom stereocenters. The van der Waals surface area contributed by atoms with E-state index in [1.165, 1.54) is 33.6 Å². The van der Waals surface area contributed by atoms with E-state index in [0.717, 1.165) is 0 Å². The summed E-state index contributed by atoms with van der Waals surface area (Å²) in [7, 11) is -1.83. The van der Waals surface area contributed by atoms with Crippen molar-refractivity contribution in [2.45, 2.75) is 0 Å². The van der Waals surface area contributed by atoms with E-state index in [-0.39, 0.29) is 0 Å². The maximum atomic E-state index is 9.75. The van der Waals surface area contributed by atoms with Crippen LogP contribution in [-0.4, -0.2) is 21.3 Å². The monoisotopic (exact) mass is 438 g/mol. The highest BCUT2D eigenvalue weighted by atomic mass is 19.5. The summed E-state index contributed by atoms with van der Waals surface area (Å²) in [4.78, 5) is 0. The predicted octanol–water partition coefficient (Wildman–Crippen LogP) is 6.47. The predicted molar refractivity (Wildman–Crippen MR) is 123 cm³/mol. The first-order valence-corrected chi connectivity index (χ1v) is 10.1. The van der Waals surface area contributed by atoms with Crippen LogP contribution in [0.3, 0.4) is 0 Å². The van der Waals surface area contributed by atoms with Crippen molar-refractivity contribution in [2.75, 3.05) is 19.1 Å². The number of hydrogen-bond donors (Lipinski definition) is 0. The van der Waals surface area contributed by atoms with Crippen molar-refractivity contribution in [3.8, 4) is 33.6 Å². The van der Waals surface area contributed by atoms with Gasteiger partial charge in [0.25, 0.3) is 0 Å². The van der Waals surface area contributed by atoms with E-state index in [2.05, 4.69) is 127 Å². The van der Waals surface area contributed by atoms with Gasteiger partial charge in [-0.1, -0.05) is 71.4 Å². The lowest BCUT2D eigenvalue weighted by Crippen LogP contribution is -2.55. The minimum Gasteiger partial charge on any atom is -0.418 e. The summed E-state index contributed by atoms with van der Waals surface area (Å²) in [5, 5.41) is 2.14. The molecule has 0 aliphatic rings. The first-order chi connectivity index (χ1) is 15.2. The Balaban J connectivity index is 0.000000523. The standard InChI is InChI=1S/C25H23N2.BF4/c1-26(2)27-24(21-14-8-4-9-15-21)18-23(20-12-6-3-7-13-20)19-25(27)22-16-10-5-11-17-22;2-1(3,4)5/h3-19H,1-2H3;/q+1;-1. The molecule has 1 heterocycles. The Morgan fingerprint density at radius 3 is 1.16 bits per heavy atom. The number of nitrogens with zero attached hydrogens (tertiary/aromatic N) is 2. The van der Waals surface area contributed by atoms with Crippen LogP contribution in [0.4, 0.5) is 17.3 Å². The van der Waals surface area contributed by atoms with E-state index in [4.69, 9.17) is 0 Å². The fraction of sp³-hybridized carbons (Fsp3) is 0.0800. The second-order valence-electron chi connectivity index (χ2n) is 7.27. The molecule has 164 valence electrons. The molecule has 0 spiro atoms. The molecule has 7 heteroatoms. The average molecular weight is 438 g/mol. The Morgan fingerprint density at radius 2 is 0.844 bits per heavy atom. The highest BCUT2D eigenvalue weighted by Crippen LogP contribution is 2.28. The van der Waals surface area contributed by atoms with Gasteiger partial charge in [0.05, 0.1) is 14.1 Å². The van der Waals surface area contributed by atoms with Crippen LogP contribution in [0.25, 0.3) is 33.6 Å². The Morgan fingerprint density at radius 1 is 0.531 bits per heavy atom. The van der Waals surface area contributed by atoms with E-state index in [1.54, 1.807) is 0 Å². The van der Waals surface area contributed by atoms with Crippen molar-refractivity contribution in [2.24, 2.45) is 0 Å². The van der Waals surface area contributed by atoms with Gasteiger partial charge >= 0.3 is 7.25 Å². The van der Waals surface area contributed by atoms with Gasteiger partial charge in [-0.2, -0.15) is 5.01 Å². The fourth-order valence-electron chi connectivity index (χ4n) is 3.45. The zero-order valence-corrected chi connectivity index (χ0v) is 17.8. The number of halogens is 4. The lowest BCUT2D eigenvalue weighted by atomic mass is 9.99. The van der Waals surface area contributed by atoms with E-state index >= 15 is 0 Å². The first-order valence-electron chi connectivity index (χ1n) is 10.1. The van der Waals surface area contributed by atoms with Gasteiger partial charge in [0.2, 0.25) is 11.4 Å². The molecular weight excluding hydrogens is 415 g/mol. The van der Waals surface area contributed by atoms with Crippen molar-refractivity contribution >= 4 is 7.25 Å². The molecule has 0 atom stereocenters. The molecule has 2 nitrogen and oxygen atoms in total. The fourth-order valence-corrected chi connectivity index (χ4v) is 3.45. The van der Waals surface area contributed by atoms with Crippen LogP contribution in [0, 0.1) is 0 Å². The van der Waals surface area contributed by atoms with E-state index in [0.29, 0.717) is 0 Å².